The Morgan fingerprint density at radius 1 is 1.53 bits per heavy atom. The van der Waals surface area contributed by atoms with Crippen LogP contribution in [0.5, 0.6) is 0 Å². The van der Waals surface area contributed by atoms with E-state index < -0.39 is 6.10 Å². The summed E-state index contributed by atoms with van der Waals surface area (Å²) >= 11 is 1.56. The lowest BCUT2D eigenvalue weighted by atomic mass is 9.94. The highest BCUT2D eigenvalue weighted by atomic mass is 32.1. The van der Waals surface area contributed by atoms with E-state index in [0.717, 1.165) is 17.9 Å². The van der Waals surface area contributed by atoms with Crippen LogP contribution in [0.4, 0.5) is 0 Å². The smallest absolute Gasteiger partial charge is 0.222 e. The minimum atomic E-state index is -0.589. The van der Waals surface area contributed by atoms with Crippen molar-refractivity contribution in [3.8, 4) is 0 Å². The van der Waals surface area contributed by atoms with Gasteiger partial charge in [0.15, 0.2) is 0 Å². The number of hydrogen-bond acceptors (Lipinski definition) is 3. The second-order valence-electron chi connectivity index (χ2n) is 5.60. The Labute approximate surface area is 119 Å². The van der Waals surface area contributed by atoms with Gasteiger partial charge in [-0.05, 0) is 34.7 Å². The summed E-state index contributed by atoms with van der Waals surface area (Å²) in [6.07, 6.45) is 5.57. The second-order valence-corrected chi connectivity index (χ2v) is 6.38. The molecule has 2 N–H and O–H groups in total. The average molecular weight is 281 g/mol. The summed E-state index contributed by atoms with van der Waals surface area (Å²) in [6.45, 7) is 2.30. The van der Waals surface area contributed by atoms with Crippen LogP contribution >= 0.6 is 11.3 Å². The Morgan fingerprint density at radius 3 is 2.89 bits per heavy atom. The Bertz CT molecular complexity index is 385. The maximum atomic E-state index is 12.0. The third kappa shape index (κ3) is 4.32. The lowest BCUT2D eigenvalue weighted by Crippen LogP contribution is -2.33. The zero-order chi connectivity index (χ0) is 13.7. The zero-order valence-corrected chi connectivity index (χ0v) is 12.3. The highest BCUT2D eigenvalue weighted by Gasteiger charge is 2.22. The number of thiophene rings is 1. The van der Waals surface area contributed by atoms with Crippen LogP contribution < -0.4 is 5.32 Å². The maximum absolute atomic E-state index is 12.0. The van der Waals surface area contributed by atoms with Crippen LogP contribution in [0.3, 0.4) is 0 Å². The van der Waals surface area contributed by atoms with Crippen molar-refractivity contribution in [2.45, 2.75) is 45.1 Å². The Kier molecular flexibility index (Phi) is 5.40. The van der Waals surface area contributed by atoms with Gasteiger partial charge >= 0.3 is 0 Å². The average Bonchev–Trinajstić information content (AvgIpc) is 3.07. The van der Waals surface area contributed by atoms with Crippen LogP contribution in [0, 0.1) is 11.8 Å². The number of aliphatic hydroxyl groups is 1. The van der Waals surface area contributed by atoms with Crippen LogP contribution in [0.2, 0.25) is 0 Å². The number of carbonyl (C=O) groups excluding carboxylic acids is 1. The van der Waals surface area contributed by atoms with E-state index in [1.807, 2.05) is 23.8 Å². The van der Waals surface area contributed by atoms with E-state index in [0.29, 0.717) is 6.54 Å². The molecule has 2 rings (SSSR count). The quantitative estimate of drug-likeness (QED) is 0.841. The number of carbonyl (C=O) groups is 1. The minimum Gasteiger partial charge on any atom is -0.387 e. The fraction of sp³-hybridized carbons (Fsp3) is 0.667. The van der Waals surface area contributed by atoms with Gasteiger partial charge in [-0.15, -0.1) is 0 Å². The Hall–Kier alpha value is -0.870. The highest BCUT2D eigenvalue weighted by molar-refractivity contribution is 7.07. The molecule has 1 aliphatic rings. The van der Waals surface area contributed by atoms with Gasteiger partial charge in [-0.3, -0.25) is 4.79 Å². The zero-order valence-electron chi connectivity index (χ0n) is 11.5. The van der Waals surface area contributed by atoms with Gasteiger partial charge in [0.2, 0.25) is 5.91 Å². The van der Waals surface area contributed by atoms with Gasteiger partial charge in [-0.25, -0.2) is 0 Å². The van der Waals surface area contributed by atoms with Gasteiger partial charge in [0, 0.05) is 12.5 Å². The Morgan fingerprint density at radius 2 is 2.26 bits per heavy atom. The first-order valence-electron chi connectivity index (χ1n) is 7.14. The van der Waals surface area contributed by atoms with Gasteiger partial charge in [0.1, 0.15) is 0 Å². The van der Waals surface area contributed by atoms with Crippen LogP contribution in [-0.4, -0.2) is 17.6 Å². The summed E-state index contributed by atoms with van der Waals surface area (Å²) in [5.74, 6) is 0.849. The molecule has 0 spiro atoms. The van der Waals surface area contributed by atoms with Crippen LogP contribution in [-0.2, 0) is 4.79 Å². The van der Waals surface area contributed by atoms with Crippen molar-refractivity contribution in [2.24, 2.45) is 11.8 Å². The van der Waals surface area contributed by atoms with Crippen molar-refractivity contribution < 1.29 is 9.90 Å². The SMILES string of the molecule is CC(CC1CCCC1)C(=O)NCC(O)c1ccsc1. The first-order valence-corrected chi connectivity index (χ1v) is 8.09. The summed E-state index contributed by atoms with van der Waals surface area (Å²) < 4.78 is 0. The van der Waals surface area contributed by atoms with E-state index in [1.165, 1.54) is 25.7 Å². The predicted octanol–water partition coefficient (Wildman–Crippen LogP) is 3.11. The van der Waals surface area contributed by atoms with E-state index in [4.69, 9.17) is 0 Å². The van der Waals surface area contributed by atoms with Gasteiger partial charge in [0.05, 0.1) is 6.10 Å². The molecule has 0 radical (unpaired) electrons. The first-order chi connectivity index (χ1) is 9.16. The van der Waals surface area contributed by atoms with Crippen molar-refractivity contribution in [1.82, 2.24) is 5.32 Å². The van der Waals surface area contributed by atoms with Gasteiger partial charge < -0.3 is 10.4 Å². The van der Waals surface area contributed by atoms with Crippen LogP contribution in [0.15, 0.2) is 16.8 Å². The summed E-state index contributed by atoms with van der Waals surface area (Å²) in [5, 5.41) is 16.6. The van der Waals surface area contributed by atoms with Crippen molar-refractivity contribution >= 4 is 17.2 Å². The molecule has 1 amide bonds. The van der Waals surface area contributed by atoms with Gasteiger partial charge in [-0.2, -0.15) is 11.3 Å². The summed E-state index contributed by atoms with van der Waals surface area (Å²) in [5.41, 5.74) is 0.883. The molecule has 1 saturated carbocycles. The molecule has 1 fully saturated rings. The normalized spacial score (nSPS) is 19.3. The fourth-order valence-corrected chi connectivity index (χ4v) is 3.51. The third-order valence-corrected chi connectivity index (χ3v) is 4.71. The van der Waals surface area contributed by atoms with Gasteiger partial charge in [0.25, 0.3) is 0 Å². The molecule has 0 aromatic carbocycles. The minimum absolute atomic E-state index is 0.0535. The van der Waals surface area contributed by atoms with E-state index in [2.05, 4.69) is 5.32 Å². The molecule has 0 saturated heterocycles. The van der Waals surface area contributed by atoms with Crippen molar-refractivity contribution in [2.75, 3.05) is 6.54 Å². The monoisotopic (exact) mass is 281 g/mol. The number of rotatable bonds is 6. The molecule has 106 valence electrons. The van der Waals surface area contributed by atoms with Crippen molar-refractivity contribution in [3.63, 3.8) is 0 Å². The molecule has 0 aliphatic heterocycles. The molecular weight excluding hydrogens is 258 g/mol. The molecule has 4 heteroatoms. The van der Waals surface area contributed by atoms with Crippen molar-refractivity contribution in [3.05, 3.63) is 22.4 Å². The van der Waals surface area contributed by atoms with E-state index in [9.17, 15) is 9.90 Å². The molecule has 1 aromatic heterocycles. The van der Waals surface area contributed by atoms with Gasteiger partial charge in [-0.1, -0.05) is 32.6 Å². The number of nitrogens with one attached hydrogen (secondary N) is 1. The molecule has 19 heavy (non-hydrogen) atoms. The topological polar surface area (TPSA) is 49.3 Å². The molecule has 1 heterocycles. The molecule has 1 aliphatic carbocycles. The molecular formula is C15H23NO2S. The number of hydrogen-bond donors (Lipinski definition) is 2. The number of aliphatic hydroxyl groups excluding tert-OH is 1. The maximum Gasteiger partial charge on any atom is 0.222 e. The fourth-order valence-electron chi connectivity index (χ4n) is 2.81. The number of amides is 1. The summed E-state index contributed by atoms with van der Waals surface area (Å²) in [7, 11) is 0. The molecule has 2 atom stereocenters. The van der Waals surface area contributed by atoms with Crippen LogP contribution in [0.1, 0.15) is 50.7 Å². The van der Waals surface area contributed by atoms with E-state index >= 15 is 0 Å². The molecule has 3 nitrogen and oxygen atoms in total. The lowest BCUT2D eigenvalue weighted by Gasteiger charge is -2.17. The standard InChI is InChI=1S/C15H23NO2S/c1-11(8-12-4-2-3-5-12)15(18)16-9-14(17)13-6-7-19-10-13/h6-7,10-12,14,17H,2-5,8-9H2,1H3,(H,16,18). The summed E-state index contributed by atoms with van der Waals surface area (Å²) in [4.78, 5) is 12.0. The van der Waals surface area contributed by atoms with E-state index in [1.54, 1.807) is 11.3 Å². The molecule has 1 aromatic rings. The molecule has 0 bridgehead atoms. The highest BCUT2D eigenvalue weighted by Crippen LogP contribution is 2.30. The second kappa shape index (κ2) is 7.06. The van der Waals surface area contributed by atoms with Crippen LogP contribution in [0.25, 0.3) is 0 Å². The third-order valence-electron chi connectivity index (χ3n) is 4.01. The van der Waals surface area contributed by atoms with E-state index in [-0.39, 0.29) is 11.8 Å². The predicted molar refractivity (Wildman–Crippen MR) is 78.0 cm³/mol. The lowest BCUT2D eigenvalue weighted by molar-refractivity contribution is -0.125. The summed E-state index contributed by atoms with van der Waals surface area (Å²) in [6, 6.07) is 1.89. The largest absolute Gasteiger partial charge is 0.387 e. The molecule has 2 unspecified atom stereocenters. The Balaban J connectivity index is 1.71. The van der Waals surface area contributed by atoms with Crippen molar-refractivity contribution in [1.29, 1.82) is 0 Å². The first kappa shape index (κ1) is 14.5.